The molecule has 0 saturated heterocycles. The van der Waals surface area contributed by atoms with Gasteiger partial charge in [-0.3, -0.25) is 8.42 Å². The fourth-order valence-corrected chi connectivity index (χ4v) is 0.467. The second-order valence-corrected chi connectivity index (χ2v) is 3.68. The minimum atomic E-state index is -5.17. The SMILES string of the molecule is CCCCOC(=S)[S-].O=S(=O)([O-])[O-].[Cu+3]. The molecule has 0 aliphatic carbocycles. The molecule has 0 aromatic heterocycles. The molecule has 0 heterocycles. The molecule has 0 atom stereocenters. The molecule has 0 fully saturated rings. The quantitative estimate of drug-likeness (QED) is 0.185. The molecule has 0 amide bonds. The standard InChI is InChI=1S/C5H10OS2.Cu.H2O4S/c1-2-3-4-6-5(7)8;;1-5(2,3)4/h2-4H2,1H3,(H,7,8);;(H2,1,2,3,4)/q;+3;/p-3. The Hall–Kier alpha value is 0.499. The molecule has 0 aliphatic heterocycles. The van der Waals surface area contributed by atoms with E-state index < -0.39 is 10.4 Å². The molecule has 0 aromatic rings. The minimum absolute atomic E-state index is 0. The van der Waals surface area contributed by atoms with Crippen molar-refractivity contribution in [3.05, 3.63) is 0 Å². The van der Waals surface area contributed by atoms with Crippen molar-refractivity contribution in [2.24, 2.45) is 0 Å². The molecule has 0 saturated carbocycles. The van der Waals surface area contributed by atoms with Crippen LogP contribution in [0.1, 0.15) is 19.8 Å². The van der Waals surface area contributed by atoms with Crippen LogP contribution in [0, 0.1) is 0 Å². The number of unbranched alkanes of at least 4 members (excludes halogenated alkanes) is 1. The van der Waals surface area contributed by atoms with Crippen molar-refractivity contribution >= 4 is 39.6 Å². The number of thiocarbonyl (C=S) groups is 1. The molecule has 14 heavy (non-hydrogen) atoms. The second-order valence-electron chi connectivity index (χ2n) is 1.86. The summed E-state index contributed by atoms with van der Waals surface area (Å²) in [6.45, 7) is 2.77. The summed E-state index contributed by atoms with van der Waals surface area (Å²) >= 11 is 9.00. The van der Waals surface area contributed by atoms with Crippen LogP contribution in [0.3, 0.4) is 0 Å². The molecule has 5 nitrogen and oxygen atoms in total. The Kier molecular flexibility index (Phi) is 16.5. The van der Waals surface area contributed by atoms with Gasteiger partial charge in [0.1, 0.15) is 0 Å². The average Bonchev–Trinajstić information content (AvgIpc) is 1.83. The Labute approximate surface area is 105 Å². The summed E-state index contributed by atoms with van der Waals surface area (Å²) < 4.78 is 39.1. The molecule has 0 bridgehead atoms. The van der Waals surface area contributed by atoms with E-state index in [4.69, 9.17) is 22.3 Å². The van der Waals surface area contributed by atoms with E-state index in [1.807, 2.05) is 0 Å². The van der Waals surface area contributed by atoms with Gasteiger partial charge in [-0.25, -0.2) is 0 Å². The molecule has 0 aliphatic rings. The molecule has 0 rings (SSSR count). The summed E-state index contributed by atoms with van der Waals surface area (Å²) in [5.41, 5.74) is 0. The van der Waals surface area contributed by atoms with Crippen molar-refractivity contribution in [3.8, 4) is 0 Å². The Morgan fingerprint density at radius 2 is 1.86 bits per heavy atom. The van der Waals surface area contributed by atoms with E-state index in [-0.39, 0.29) is 21.5 Å². The van der Waals surface area contributed by atoms with Crippen molar-refractivity contribution in [2.45, 2.75) is 19.8 Å². The van der Waals surface area contributed by atoms with Gasteiger partial charge in [0.25, 0.3) is 0 Å². The van der Waals surface area contributed by atoms with Crippen molar-refractivity contribution in [1.29, 1.82) is 0 Å². The van der Waals surface area contributed by atoms with Gasteiger partial charge in [0.2, 0.25) is 0 Å². The normalized spacial score (nSPS) is 9.07. The minimum Gasteiger partial charge on any atom is -0.759 e. The zero-order valence-electron chi connectivity index (χ0n) is 7.19. The summed E-state index contributed by atoms with van der Waals surface area (Å²) in [5.74, 6) is 0. The third-order valence-corrected chi connectivity index (χ3v) is 0.954. The first-order valence-corrected chi connectivity index (χ1v) is 5.42. The fourth-order valence-electron chi connectivity index (χ4n) is 0.300. The fraction of sp³-hybridized carbons (Fsp3) is 0.800. The predicted octanol–water partition coefficient (Wildman–Crippen LogP) is 0.294. The Morgan fingerprint density at radius 1 is 1.50 bits per heavy atom. The van der Waals surface area contributed by atoms with E-state index in [9.17, 15) is 0 Å². The topological polar surface area (TPSA) is 89.5 Å². The van der Waals surface area contributed by atoms with Crippen molar-refractivity contribution < 1.29 is 39.3 Å². The monoisotopic (exact) mass is 308 g/mol. The maximum atomic E-state index is 8.52. The van der Waals surface area contributed by atoms with Crippen LogP contribution in [0.4, 0.5) is 0 Å². The van der Waals surface area contributed by atoms with Gasteiger partial charge in [0.05, 0.1) is 6.61 Å². The van der Waals surface area contributed by atoms with E-state index in [1.165, 1.54) is 0 Å². The molecule has 0 spiro atoms. The predicted molar refractivity (Wildman–Crippen MR) is 51.3 cm³/mol. The van der Waals surface area contributed by atoms with Crippen LogP contribution in [-0.2, 0) is 44.8 Å². The summed E-state index contributed by atoms with van der Waals surface area (Å²) in [6, 6.07) is 0. The van der Waals surface area contributed by atoms with Crippen molar-refractivity contribution in [2.75, 3.05) is 6.61 Å². The zero-order valence-corrected chi connectivity index (χ0v) is 10.6. The Morgan fingerprint density at radius 3 is 2.07 bits per heavy atom. The largest absolute Gasteiger partial charge is 3.00 e. The first kappa shape index (κ1) is 20.0. The average molecular weight is 309 g/mol. The molecule has 9 heteroatoms. The van der Waals surface area contributed by atoms with Gasteiger partial charge in [0.15, 0.2) is 0 Å². The van der Waals surface area contributed by atoms with E-state index >= 15 is 0 Å². The van der Waals surface area contributed by atoms with Crippen molar-refractivity contribution in [1.82, 2.24) is 0 Å². The third-order valence-electron chi connectivity index (χ3n) is 0.718. The molecule has 88 valence electrons. The summed E-state index contributed by atoms with van der Waals surface area (Å²) in [5, 5.41) is 0. The van der Waals surface area contributed by atoms with Crippen LogP contribution in [-0.4, -0.2) is 28.5 Å². The van der Waals surface area contributed by atoms with Crippen LogP contribution in [0.15, 0.2) is 0 Å². The molecular weight excluding hydrogens is 300 g/mol. The maximum absolute atomic E-state index is 8.52. The van der Waals surface area contributed by atoms with Gasteiger partial charge >= 0.3 is 17.1 Å². The number of ether oxygens (including phenoxy) is 1. The second kappa shape index (κ2) is 11.6. The van der Waals surface area contributed by atoms with E-state index in [0.29, 0.717) is 6.61 Å². The van der Waals surface area contributed by atoms with Crippen LogP contribution < -0.4 is 0 Å². The third kappa shape index (κ3) is 54.7. The van der Waals surface area contributed by atoms with E-state index in [1.54, 1.807) is 0 Å². The molecule has 0 aromatic carbocycles. The maximum Gasteiger partial charge on any atom is 3.00 e. The van der Waals surface area contributed by atoms with E-state index in [2.05, 4.69) is 31.8 Å². The first-order chi connectivity index (χ1) is 5.77. The van der Waals surface area contributed by atoms with E-state index in [0.717, 1.165) is 12.8 Å². The Balaban J connectivity index is -0.000000177. The molecular formula is C5H9CuO5S3. The molecule has 0 unspecified atom stereocenters. The van der Waals surface area contributed by atoms with Gasteiger partial charge < -0.3 is 38.7 Å². The molecule has 0 N–H and O–H groups in total. The van der Waals surface area contributed by atoms with Gasteiger partial charge in [-0.2, -0.15) is 0 Å². The zero-order chi connectivity index (χ0) is 10.9. The van der Waals surface area contributed by atoms with Gasteiger partial charge in [-0.15, -0.1) is 0 Å². The van der Waals surface area contributed by atoms with Crippen LogP contribution in [0.2, 0.25) is 0 Å². The van der Waals surface area contributed by atoms with Gasteiger partial charge in [-0.05, 0) is 6.42 Å². The Bertz CT molecular complexity index is 220. The first-order valence-electron chi connectivity index (χ1n) is 3.27. The number of hydrogen-bond acceptors (Lipinski definition) is 7. The smallest absolute Gasteiger partial charge is 0.759 e. The van der Waals surface area contributed by atoms with Crippen LogP contribution in [0.5, 0.6) is 0 Å². The van der Waals surface area contributed by atoms with Crippen LogP contribution >= 0.6 is 12.2 Å². The number of rotatable bonds is 3. The van der Waals surface area contributed by atoms with Crippen LogP contribution in [0.25, 0.3) is 0 Å². The summed E-state index contributed by atoms with van der Waals surface area (Å²) in [4.78, 5) is 0. The number of hydrogen-bond donors (Lipinski definition) is 0. The van der Waals surface area contributed by atoms with Gasteiger partial charge in [0, 0.05) is 14.8 Å². The molecule has 0 radical (unpaired) electrons. The summed E-state index contributed by atoms with van der Waals surface area (Å²) in [6.07, 6.45) is 2.16. The van der Waals surface area contributed by atoms with Gasteiger partial charge in [-0.1, -0.05) is 13.3 Å². The van der Waals surface area contributed by atoms with Crippen molar-refractivity contribution in [3.63, 3.8) is 0 Å². The summed E-state index contributed by atoms with van der Waals surface area (Å²) in [7, 11) is -5.17.